The molecule has 104 valence electrons. The Morgan fingerprint density at radius 3 is 1.72 bits per heavy atom. The second-order valence-corrected chi connectivity index (χ2v) is 7.34. The van der Waals surface area contributed by atoms with Crippen LogP contribution in [0.3, 0.4) is 0 Å². The van der Waals surface area contributed by atoms with E-state index < -0.39 is 0 Å². The van der Waals surface area contributed by atoms with Gasteiger partial charge in [-0.25, -0.2) is 0 Å². The van der Waals surface area contributed by atoms with Crippen molar-refractivity contribution in [3.63, 3.8) is 0 Å². The first-order chi connectivity index (χ1) is 8.86. The highest BCUT2D eigenvalue weighted by molar-refractivity contribution is 4.92. The molecule has 3 rings (SSSR count). The molecule has 0 aliphatic heterocycles. The largest absolute Gasteiger partial charge is 0.311 e. The molecule has 0 aromatic carbocycles. The molecule has 0 aromatic heterocycles. The summed E-state index contributed by atoms with van der Waals surface area (Å²) in [5.74, 6) is 0. The summed E-state index contributed by atoms with van der Waals surface area (Å²) in [7, 11) is 0. The fourth-order valence-corrected chi connectivity index (χ4v) is 4.80. The molecule has 0 bridgehead atoms. The van der Waals surface area contributed by atoms with E-state index in [2.05, 4.69) is 5.32 Å². The van der Waals surface area contributed by atoms with Crippen molar-refractivity contribution in [3.8, 4) is 0 Å². The van der Waals surface area contributed by atoms with Gasteiger partial charge >= 0.3 is 0 Å². The van der Waals surface area contributed by atoms with Gasteiger partial charge in [-0.2, -0.15) is 0 Å². The Morgan fingerprint density at radius 2 is 1.11 bits per heavy atom. The van der Waals surface area contributed by atoms with E-state index in [9.17, 15) is 0 Å². The molecule has 1 heteroatoms. The molecule has 1 N–H and O–H groups in total. The van der Waals surface area contributed by atoms with E-state index in [-0.39, 0.29) is 0 Å². The zero-order valence-electron chi connectivity index (χ0n) is 12.1. The summed E-state index contributed by atoms with van der Waals surface area (Å²) >= 11 is 0. The lowest BCUT2D eigenvalue weighted by atomic mass is 9.71. The van der Waals surface area contributed by atoms with Crippen molar-refractivity contribution in [3.05, 3.63) is 0 Å². The molecule has 0 amide bonds. The van der Waals surface area contributed by atoms with Gasteiger partial charge in [-0.05, 0) is 56.8 Å². The van der Waals surface area contributed by atoms with Crippen LogP contribution in [0.4, 0.5) is 0 Å². The van der Waals surface area contributed by atoms with Crippen LogP contribution in [0.1, 0.15) is 89.9 Å². The minimum Gasteiger partial charge on any atom is -0.311 e. The Hall–Kier alpha value is -0.0400. The Bertz CT molecular complexity index is 236. The zero-order chi connectivity index (χ0) is 12.3. The average Bonchev–Trinajstić information content (AvgIpc) is 2.69. The van der Waals surface area contributed by atoms with Gasteiger partial charge in [-0.15, -0.1) is 0 Å². The lowest BCUT2D eigenvalue weighted by molar-refractivity contribution is 0.161. The fraction of sp³-hybridized carbons (Fsp3) is 1.00. The summed E-state index contributed by atoms with van der Waals surface area (Å²) < 4.78 is 0. The molecule has 0 aromatic rings. The van der Waals surface area contributed by atoms with Gasteiger partial charge < -0.3 is 5.32 Å². The van der Waals surface area contributed by atoms with Crippen molar-refractivity contribution in [2.24, 2.45) is 5.41 Å². The Balaban J connectivity index is 1.44. The van der Waals surface area contributed by atoms with Crippen LogP contribution in [0, 0.1) is 5.41 Å². The van der Waals surface area contributed by atoms with E-state index in [0.29, 0.717) is 0 Å². The van der Waals surface area contributed by atoms with Crippen LogP contribution in [-0.2, 0) is 0 Å². The molecule has 0 unspecified atom stereocenters. The number of hydrogen-bond donors (Lipinski definition) is 1. The number of nitrogens with one attached hydrogen (secondary N) is 1. The Labute approximate surface area is 113 Å². The second-order valence-electron chi connectivity index (χ2n) is 7.34. The summed E-state index contributed by atoms with van der Waals surface area (Å²) in [5.41, 5.74) is 0.807. The molecule has 18 heavy (non-hydrogen) atoms. The molecule has 0 radical (unpaired) electrons. The molecule has 1 nitrogen and oxygen atoms in total. The van der Waals surface area contributed by atoms with Gasteiger partial charge in [0.1, 0.15) is 0 Å². The average molecular weight is 249 g/mol. The number of hydrogen-bond acceptors (Lipinski definition) is 1. The maximum absolute atomic E-state index is 4.00. The third-order valence-electron chi connectivity index (χ3n) is 6.04. The summed E-state index contributed by atoms with van der Waals surface area (Å²) in [6, 6.07) is 1.72. The SMILES string of the molecule is C1CCCC(NC2CCC3(CCCC3)CC2)CC1. The van der Waals surface area contributed by atoms with Crippen molar-refractivity contribution in [2.45, 2.75) is 102 Å². The van der Waals surface area contributed by atoms with E-state index in [4.69, 9.17) is 0 Å². The van der Waals surface area contributed by atoms with Crippen LogP contribution >= 0.6 is 0 Å². The molecule has 1 spiro atoms. The monoisotopic (exact) mass is 249 g/mol. The molecule has 0 atom stereocenters. The topological polar surface area (TPSA) is 12.0 Å². The molecule has 3 aliphatic carbocycles. The maximum atomic E-state index is 4.00. The van der Waals surface area contributed by atoms with Gasteiger partial charge in [0.15, 0.2) is 0 Å². The van der Waals surface area contributed by atoms with Gasteiger partial charge in [0, 0.05) is 12.1 Å². The molecule has 3 saturated carbocycles. The van der Waals surface area contributed by atoms with E-state index in [1.54, 1.807) is 12.8 Å². The molecule has 0 heterocycles. The van der Waals surface area contributed by atoms with Crippen LogP contribution in [0.25, 0.3) is 0 Å². The van der Waals surface area contributed by atoms with Gasteiger partial charge in [0.2, 0.25) is 0 Å². The lowest BCUT2D eigenvalue weighted by Crippen LogP contribution is -2.42. The number of rotatable bonds is 2. The predicted octanol–water partition coefficient (Wildman–Crippen LogP) is 4.80. The molecule has 0 saturated heterocycles. The zero-order valence-corrected chi connectivity index (χ0v) is 12.1. The van der Waals surface area contributed by atoms with Crippen LogP contribution in [0.15, 0.2) is 0 Å². The third kappa shape index (κ3) is 3.10. The molecule has 3 fully saturated rings. The summed E-state index contributed by atoms with van der Waals surface area (Å²) in [6.07, 6.45) is 20.9. The minimum atomic E-state index is 0.807. The van der Waals surface area contributed by atoms with Gasteiger partial charge in [0.25, 0.3) is 0 Å². The fourth-order valence-electron chi connectivity index (χ4n) is 4.80. The van der Waals surface area contributed by atoms with Gasteiger partial charge in [-0.1, -0.05) is 38.5 Å². The van der Waals surface area contributed by atoms with Crippen LogP contribution < -0.4 is 5.32 Å². The van der Waals surface area contributed by atoms with Crippen molar-refractivity contribution < 1.29 is 0 Å². The second kappa shape index (κ2) is 5.94. The first kappa shape index (κ1) is 13.0. The maximum Gasteiger partial charge on any atom is 0.00700 e. The van der Waals surface area contributed by atoms with Crippen molar-refractivity contribution in [1.82, 2.24) is 5.32 Å². The molecular weight excluding hydrogens is 218 g/mol. The smallest absolute Gasteiger partial charge is 0.00700 e. The van der Waals surface area contributed by atoms with E-state index >= 15 is 0 Å². The summed E-state index contributed by atoms with van der Waals surface area (Å²) in [5, 5.41) is 4.00. The van der Waals surface area contributed by atoms with Crippen LogP contribution in [0.5, 0.6) is 0 Å². The van der Waals surface area contributed by atoms with Crippen molar-refractivity contribution in [1.29, 1.82) is 0 Å². The van der Waals surface area contributed by atoms with Crippen molar-refractivity contribution in [2.75, 3.05) is 0 Å². The first-order valence-electron chi connectivity index (χ1n) is 8.62. The van der Waals surface area contributed by atoms with E-state index in [1.165, 1.54) is 77.0 Å². The molecule has 3 aliphatic rings. The summed E-state index contributed by atoms with van der Waals surface area (Å²) in [6.45, 7) is 0. The Kier molecular flexibility index (Phi) is 4.28. The highest BCUT2D eigenvalue weighted by Gasteiger charge is 2.37. The minimum absolute atomic E-state index is 0.807. The van der Waals surface area contributed by atoms with Crippen molar-refractivity contribution >= 4 is 0 Å². The Morgan fingerprint density at radius 1 is 0.556 bits per heavy atom. The first-order valence-corrected chi connectivity index (χ1v) is 8.62. The van der Waals surface area contributed by atoms with E-state index in [0.717, 1.165) is 17.5 Å². The molecular formula is C17H31N. The highest BCUT2D eigenvalue weighted by atomic mass is 15.0. The standard InChI is InChI=1S/C17H31N/c1-2-4-8-15(7-3-1)18-16-9-13-17(14-10-16)11-5-6-12-17/h15-16,18H,1-14H2. The van der Waals surface area contributed by atoms with Gasteiger partial charge in [-0.3, -0.25) is 0 Å². The predicted molar refractivity (Wildman–Crippen MR) is 77.8 cm³/mol. The normalized spacial score (nSPS) is 30.7. The highest BCUT2D eigenvalue weighted by Crippen LogP contribution is 2.48. The van der Waals surface area contributed by atoms with E-state index in [1.807, 2.05) is 0 Å². The van der Waals surface area contributed by atoms with Gasteiger partial charge in [0.05, 0.1) is 0 Å². The third-order valence-corrected chi connectivity index (χ3v) is 6.04. The quantitative estimate of drug-likeness (QED) is 0.693. The lowest BCUT2D eigenvalue weighted by Gasteiger charge is -2.39. The van der Waals surface area contributed by atoms with Crippen LogP contribution in [-0.4, -0.2) is 12.1 Å². The summed E-state index contributed by atoms with van der Waals surface area (Å²) in [4.78, 5) is 0. The van der Waals surface area contributed by atoms with Crippen LogP contribution in [0.2, 0.25) is 0 Å².